The molecule has 1 heterocycles. The summed E-state index contributed by atoms with van der Waals surface area (Å²) in [6, 6.07) is 0. The lowest BCUT2D eigenvalue weighted by Gasteiger charge is -2.03. The third-order valence-corrected chi connectivity index (χ3v) is 3.36. The first-order valence-corrected chi connectivity index (χ1v) is 5.82. The van der Waals surface area contributed by atoms with Crippen LogP contribution in [0.25, 0.3) is 0 Å². The highest BCUT2D eigenvalue weighted by Gasteiger charge is 2.20. The van der Waals surface area contributed by atoms with Crippen molar-refractivity contribution < 1.29 is 4.74 Å². The number of rotatable bonds is 5. The lowest BCUT2D eigenvalue weighted by molar-refractivity contribution is 0.115. The summed E-state index contributed by atoms with van der Waals surface area (Å²) in [7, 11) is 1.85. The van der Waals surface area contributed by atoms with E-state index in [2.05, 4.69) is 5.10 Å². The van der Waals surface area contributed by atoms with Crippen LogP contribution in [0.15, 0.2) is 0 Å². The van der Waals surface area contributed by atoms with Gasteiger partial charge in [-0.05, 0) is 19.3 Å². The molecule has 1 aliphatic carbocycles. The van der Waals surface area contributed by atoms with Crippen molar-refractivity contribution in [1.29, 1.82) is 0 Å². The monoisotopic (exact) mass is 228 g/mol. The number of hydrogen-bond acceptors (Lipinski definition) is 2. The molecule has 0 radical (unpaired) electrons. The summed E-state index contributed by atoms with van der Waals surface area (Å²) >= 11 is 6.09. The highest BCUT2D eigenvalue weighted by molar-refractivity contribution is 6.30. The standard InChI is InChI=1S/C11H17ClN2O/c1-8-10(11(12)14(2)13-8)7-15-6-5-9-3-4-9/h9H,3-7H2,1-2H3. The predicted molar refractivity (Wildman–Crippen MR) is 60.0 cm³/mol. The molecule has 2 rings (SSSR count). The van der Waals surface area contributed by atoms with Crippen molar-refractivity contribution in [3.05, 3.63) is 16.4 Å². The van der Waals surface area contributed by atoms with Crippen LogP contribution in [0.3, 0.4) is 0 Å². The molecule has 0 amide bonds. The molecule has 0 saturated heterocycles. The van der Waals surface area contributed by atoms with E-state index in [9.17, 15) is 0 Å². The lowest BCUT2D eigenvalue weighted by Crippen LogP contribution is -1.97. The van der Waals surface area contributed by atoms with Gasteiger partial charge in [-0.2, -0.15) is 5.10 Å². The van der Waals surface area contributed by atoms with E-state index in [1.54, 1.807) is 4.68 Å². The molecule has 0 spiro atoms. The summed E-state index contributed by atoms with van der Waals surface area (Å²) in [6.07, 6.45) is 3.96. The van der Waals surface area contributed by atoms with Crippen molar-refractivity contribution in [2.24, 2.45) is 13.0 Å². The maximum Gasteiger partial charge on any atom is 0.132 e. The van der Waals surface area contributed by atoms with Crippen LogP contribution in [0.1, 0.15) is 30.5 Å². The molecule has 0 bridgehead atoms. The third-order valence-electron chi connectivity index (χ3n) is 2.88. The second-order valence-corrected chi connectivity index (χ2v) is 4.62. The SMILES string of the molecule is Cc1nn(C)c(Cl)c1COCCC1CC1. The molecule has 3 nitrogen and oxygen atoms in total. The van der Waals surface area contributed by atoms with Crippen molar-refractivity contribution in [1.82, 2.24) is 9.78 Å². The third kappa shape index (κ3) is 2.73. The van der Waals surface area contributed by atoms with Gasteiger partial charge < -0.3 is 4.74 Å². The fraction of sp³-hybridized carbons (Fsp3) is 0.727. The maximum absolute atomic E-state index is 6.09. The highest BCUT2D eigenvalue weighted by atomic mass is 35.5. The van der Waals surface area contributed by atoms with Crippen LogP contribution in [0.4, 0.5) is 0 Å². The molecule has 1 saturated carbocycles. The number of aromatic nitrogens is 2. The van der Waals surface area contributed by atoms with Crippen LogP contribution in [-0.2, 0) is 18.4 Å². The van der Waals surface area contributed by atoms with Crippen LogP contribution >= 0.6 is 11.6 Å². The molecule has 0 aromatic carbocycles. The van der Waals surface area contributed by atoms with Gasteiger partial charge in [0, 0.05) is 19.2 Å². The number of ether oxygens (including phenoxy) is 1. The van der Waals surface area contributed by atoms with Gasteiger partial charge in [-0.3, -0.25) is 4.68 Å². The van der Waals surface area contributed by atoms with Gasteiger partial charge in [0.2, 0.25) is 0 Å². The summed E-state index contributed by atoms with van der Waals surface area (Å²) in [4.78, 5) is 0. The van der Waals surface area contributed by atoms with E-state index in [1.165, 1.54) is 19.3 Å². The molecular weight excluding hydrogens is 212 g/mol. The van der Waals surface area contributed by atoms with E-state index < -0.39 is 0 Å². The lowest BCUT2D eigenvalue weighted by atomic mass is 10.3. The van der Waals surface area contributed by atoms with Crippen LogP contribution in [0.5, 0.6) is 0 Å². The second-order valence-electron chi connectivity index (χ2n) is 4.26. The molecule has 0 aliphatic heterocycles. The van der Waals surface area contributed by atoms with Crippen LogP contribution in [-0.4, -0.2) is 16.4 Å². The number of halogens is 1. The number of hydrogen-bond donors (Lipinski definition) is 0. The Labute approximate surface area is 95.4 Å². The molecule has 0 N–H and O–H groups in total. The van der Waals surface area contributed by atoms with Gasteiger partial charge in [0.15, 0.2) is 0 Å². The van der Waals surface area contributed by atoms with Gasteiger partial charge in [0.05, 0.1) is 12.3 Å². The predicted octanol–water partition coefficient (Wildman–Crippen LogP) is 2.70. The summed E-state index contributed by atoms with van der Waals surface area (Å²) in [5.74, 6) is 0.926. The van der Waals surface area contributed by atoms with Gasteiger partial charge in [-0.25, -0.2) is 0 Å². The van der Waals surface area contributed by atoms with Crippen molar-refractivity contribution in [2.75, 3.05) is 6.61 Å². The minimum atomic E-state index is 0.589. The molecule has 1 fully saturated rings. The normalized spacial score (nSPS) is 15.9. The fourth-order valence-corrected chi connectivity index (χ4v) is 1.90. The van der Waals surface area contributed by atoms with E-state index in [1.807, 2.05) is 14.0 Å². The topological polar surface area (TPSA) is 27.1 Å². The minimum absolute atomic E-state index is 0.589. The zero-order chi connectivity index (χ0) is 10.8. The van der Waals surface area contributed by atoms with E-state index in [0.29, 0.717) is 11.8 Å². The molecule has 0 atom stereocenters. The summed E-state index contributed by atoms with van der Waals surface area (Å²) in [5, 5.41) is 4.93. The van der Waals surface area contributed by atoms with Crippen LogP contribution < -0.4 is 0 Å². The minimum Gasteiger partial charge on any atom is -0.377 e. The van der Waals surface area contributed by atoms with E-state index >= 15 is 0 Å². The maximum atomic E-state index is 6.09. The van der Waals surface area contributed by atoms with Crippen molar-refractivity contribution in [2.45, 2.75) is 32.8 Å². The number of nitrogens with zero attached hydrogens (tertiary/aromatic N) is 2. The Morgan fingerprint density at radius 2 is 2.27 bits per heavy atom. The molecule has 15 heavy (non-hydrogen) atoms. The van der Waals surface area contributed by atoms with E-state index in [4.69, 9.17) is 16.3 Å². The zero-order valence-electron chi connectivity index (χ0n) is 9.29. The smallest absolute Gasteiger partial charge is 0.132 e. The molecular formula is C11H17ClN2O. The first-order valence-electron chi connectivity index (χ1n) is 5.44. The molecule has 0 unspecified atom stereocenters. The Morgan fingerprint density at radius 3 is 2.80 bits per heavy atom. The van der Waals surface area contributed by atoms with Crippen molar-refractivity contribution in [3.63, 3.8) is 0 Å². The molecule has 84 valence electrons. The fourth-order valence-electron chi connectivity index (χ4n) is 1.67. The summed E-state index contributed by atoms with van der Waals surface area (Å²) in [6.45, 7) is 3.39. The zero-order valence-corrected chi connectivity index (χ0v) is 10.0. The summed E-state index contributed by atoms with van der Waals surface area (Å²) < 4.78 is 7.30. The van der Waals surface area contributed by atoms with Crippen LogP contribution in [0.2, 0.25) is 5.15 Å². The van der Waals surface area contributed by atoms with Crippen molar-refractivity contribution in [3.8, 4) is 0 Å². The molecule has 1 aromatic rings. The Hall–Kier alpha value is -0.540. The average Bonchev–Trinajstić information content (AvgIpc) is 2.96. The largest absolute Gasteiger partial charge is 0.377 e. The van der Waals surface area contributed by atoms with Crippen molar-refractivity contribution >= 4 is 11.6 Å². The Morgan fingerprint density at radius 1 is 1.53 bits per heavy atom. The van der Waals surface area contributed by atoms with Crippen LogP contribution in [0, 0.1) is 12.8 Å². The van der Waals surface area contributed by atoms with Gasteiger partial charge in [-0.1, -0.05) is 24.4 Å². The second kappa shape index (κ2) is 4.54. The quantitative estimate of drug-likeness (QED) is 0.725. The Kier molecular flexibility index (Phi) is 3.32. The molecule has 1 aliphatic rings. The van der Waals surface area contributed by atoms with Gasteiger partial charge in [0.1, 0.15) is 5.15 Å². The molecule has 1 aromatic heterocycles. The average molecular weight is 229 g/mol. The van der Waals surface area contributed by atoms with E-state index in [-0.39, 0.29) is 0 Å². The summed E-state index contributed by atoms with van der Waals surface area (Å²) in [5.41, 5.74) is 1.99. The van der Waals surface area contributed by atoms with Gasteiger partial charge in [-0.15, -0.1) is 0 Å². The first kappa shape index (κ1) is 11.0. The Bertz CT molecular complexity index is 345. The van der Waals surface area contributed by atoms with Gasteiger partial charge >= 0.3 is 0 Å². The van der Waals surface area contributed by atoms with E-state index in [0.717, 1.165) is 23.8 Å². The Balaban J connectivity index is 1.81. The number of aryl methyl sites for hydroxylation is 2. The highest BCUT2D eigenvalue weighted by Crippen LogP contribution is 2.32. The molecule has 4 heteroatoms. The first-order chi connectivity index (χ1) is 7.18. The van der Waals surface area contributed by atoms with Gasteiger partial charge in [0.25, 0.3) is 0 Å².